The molecule has 2 atom stereocenters. The van der Waals surface area contributed by atoms with Crippen molar-refractivity contribution in [1.82, 2.24) is 4.90 Å². The molecule has 2 rings (SSSR count). The van der Waals surface area contributed by atoms with E-state index in [4.69, 9.17) is 10.3 Å². The molecular formula is C13H22N4O2. The smallest absolute Gasteiger partial charge is 0.410 e. The highest BCUT2D eigenvalue weighted by molar-refractivity contribution is 5.68. The van der Waals surface area contributed by atoms with Gasteiger partial charge in [-0.3, -0.25) is 0 Å². The first-order valence-corrected chi connectivity index (χ1v) is 6.93. The third kappa shape index (κ3) is 3.32. The van der Waals surface area contributed by atoms with Gasteiger partial charge in [-0.1, -0.05) is 11.5 Å². The first-order valence-electron chi connectivity index (χ1n) is 6.93. The number of hydrogen-bond acceptors (Lipinski definition) is 3. The van der Waals surface area contributed by atoms with E-state index in [-0.39, 0.29) is 24.0 Å². The van der Waals surface area contributed by atoms with Crippen molar-refractivity contribution < 1.29 is 9.53 Å². The summed E-state index contributed by atoms with van der Waals surface area (Å²) in [6.07, 6.45) is 2.97. The topological polar surface area (TPSA) is 78.3 Å². The molecule has 0 aromatic rings. The van der Waals surface area contributed by atoms with Crippen molar-refractivity contribution in [3.63, 3.8) is 0 Å². The predicted octanol–water partition coefficient (Wildman–Crippen LogP) is 3.33. The molecule has 6 nitrogen and oxygen atoms in total. The molecular weight excluding hydrogens is 244 g/mol. The molecule has 2 fully saturated rings. The van der Waals surface area contributed by atoms with E-state index < -0.39 is 5.60 Å². The summed E-state index contributed by atoms with van der Waals surface area (Å²) in [5.74, 6) is 0.576. The molecule has 2 unspecified atom stereocenters. The lowest BCUT2D eigenvalue weighted by molar-refractivity contribution is -0.00153. The number of carbonyl (C=O) groups excluding carboxylic acids is 1. The van der Waals surface area contributed by atoms with Crippen molar-refractivity contribution in [3.8, 4) is 0 Å². The highest BCUT2D eigenvalue weighted by Crippen LogP contribution is 2.37. The second-order valence-corrected chi connectivity index (χ2v) is 6.53. The third-order valence-corrected chi connectivity index (χ3v) is 3.86. The molecule has 1 amide bonds. The molecule has 1 heterocycles. The zero-order chi connectivity index (χ0) is 14.0. The van der Waals surface area contributed by atoms with Crippen LogP contribution in [0.3, 0.4) is 0 Å². The molecule has 106 valence electrons. The fraction of sp³-hybridized carbons (Fsp3) is 0.923. The molecule has 2 bridgehead atoms. The maximum atomic E-state index is 12.1. The van der Waals surface area contributed by atoms with Gasteiger partial charge in [0.05, 0.1) is 0 Å². The number of amides is 1. The van der Waals surface area contributed by atoms with Gasteiger partial charge >= 0.3 is 6.09 Å². The van der Waals surface area contributed by atoms with E-state index in [0.29, 0.717) is 13.1 Å². The molecule has 1 aliphatic carbocycles. The highest BCUT2D eigenvalue weighted by Gasteiger charge is 2.41. The van der Waals surface area contributed by atoms with Crippen molar-refractivity contribution in [2.24, 2.45) is 17.0 Å². The Bertz CT molecular complexity index is 384. The van der Waals surface area contributed by atoms with Crippen LogP contribution in [0.15, 0.2) is 5.11 Å². The van der Waals surface area contributed by atoms with Crippen LogP contribution in [0.5, 0.6) is 0 Å². The first kappa shape index (κ1) is 14.0. The summed E-state index contributed by atoms with van der Waals surface area (Å²) in [5.41, 5.74) is 8.19. The summed E-state index contributed by atoms with van der Waals surface area (Å²) in [4.78, 5) is 16.9. The molecule has 0 spiro atoms. The van der Waals surface area contributed by atoms with Gasteiger partial charge in [-0.15, -0.1) is 0 Å². The maximum Gasteiger partial charge on any atom is 0.410 e. The lowest BCUT2D eigenvalue weighted by atomic mass is 9.74. The number of hydrogen-bond donors (Lipinski definition) is 0. The van der Waals surface area contributed by atoms with Gasteiger partial charge in [0.25, 0.3) is 0 Å². The Balaban J connectivity index is 2.04. The van der Waals surface area contributed by atoms with Crippen molar-refractivity contribution >= 4 is 6.09 Å². The molecule has 1 aliphatic heterocycles. The molecule has 0 radical (unpaired) electrons. The number of carbonyl (C=O) groups is 1. The normalized spacial score (nSPS) is 30.5. The number of azide groups is 1. The fourth-order valence-electron chi connectivity index (χ4n) is 3.13. The SMILES string of the molecule is CC(C)(C)OC(=O)N1CC2CCCC(C1)C2N=[N+]=[N-]. The number of ether oxygens (including phenoxy) is 1. The second kappa shape index (κ2) is 5.29. The average molecular weight is 266 g/mol. The van der Waals surface area contributed by atoms with Crippen molar-refractivity contribution in [2.75, 3.05) is 13.1 Å². The Kier molecular flexibility index (Phi) is 3.90. The van der Waals surface area contributed by atoms with Crippen molar-refractivity contribution in [1.29, 1.82) is 0 Å². The minimum atomic E-state index is -0.464. The lowest BCUT2D eigenvalue weighted by Gasteiger charge is -2.45. The van der Waals surface area contributed by atoms with Gasteiger partial charge in [0.1, 0.15) is 5.60 Å². The largest absolute Gasteiger partial charge is 0.444 e. The van der Waals surface area contributed by atoms with Gasteiger partial charge in [-0.25, -0.2) is 4.79 Å². The Morgan fingerprint density at radius 1 is 1.32 bits per heavy atom. The minimum Gasteiger partial charge on any atom is -0.444 e. The standard InChI is InChI=1S/C13H22N4O2/c1-13(2,3)19-12(18)17-7-9-5-4-6-10(8-17)11(9)15-16-14/h9-11H,4-8H2,1-3H3. The van der Waals surface area contributed by atoms with Crippen LogP contribution < -0.4 is 0 Å². The molecule has 0 aromatic carbocycles. The van der Waals surface area contributed by atoms with Crippen molar-refractivity contribution in [3.05, 3.63) is 10.4 Å². The monoisotopic (exact) mass is 266 g/mol. The van der Waals surface area contributed by atoms with E-state index in [0.717, 1.165) is 19.3 Å². The Morgan fingerprint density at radius 2 is 1.89 bits per heavy atom. The van der Waals surface area contributed by atoms with Crippen LogP contribution in [-0.2, 0) is 4.74 Å². The van der Waals surface area contributed by atoms with E-state index in [1.807, 2.05) is 20.8 Å². The van der Waals surface area contributed by atoms with E-state index in [1.165, 1.54) is 0 Å². The van der Waals surface area contributed by atoms with Crippen molar-refractivity contribution in [2.45, 2.75) is 51.7 Å². The Labute approximate surface area is 113 Å². The predicted molar refractivity (Wildman–Crippen MR) is 71.6 cm³/mol. The van der Waals surface area contributed by atoms with E-state index in [2.05, 4.69) is 10.0 Å². The summed E-state index contributed by atoms with van der Waals surface area (Å²) in [5, 5.41) is 3.94. The first-order chi connectivity index (χ1) is 8.90. The van der Waals surface area contributed by atoms with Crippen LogP contribution in [0.2, 0.25) is 0 Å². The molecule has 1 saturated heterocycles. The number of piperidine rings is 1. The average Bonchev–Trinajstić information content (AvgIpc) is 2.26. The second-order valence-electron chi connectivity index (χ2n) is 6.53. The van der Waals surface area contributed by atoms with E-state index >= 15 is 0 Å². The maximum absolute atomic E-state index is 12.1. The fourth-order valence-corrected chi connectivity index (χ4v) is 3.13. The summed E-state index contributed by atoms with van der Waals surface area (Å²) in [6.45, 7) is 6.92. The van der Waals surface area contributed by atoms with Gasteiger partial charge in [-0.2, -0.15) is 0 Å². The summed E-state index contributed by atoms with van der Waals surface area (Å²) < 4.78 is 5.42. The molecule has 6 heteroatoms. The molecule has 2 aliphatic rings. The minimum absolute atomic E-state index is 0.0532. The van der Waals surface area contributed by atoms with Crippen LogP contribution >= 0.6 is 0 Å². The van der Waals surface area contributed by atoms with Gasteiger partial charge in [-0.05, 0) is 51.0 Å². The molecule has 19 heavy (non-hydrogen) atoms. The van der Waals surface area contributed by atoms with Crippen LogP contribution in [0.1, 0.15) is 40.0 Å². The number of nitrogens with zero attached hydrogens (tertiary/aromatic N) is 4. The molecule has 1 saturated carbocycles. The zero-order valence-corrected chi connectivity index (χ0v) is 11.9. The van der Waals surface area contributed by atoms with Gasteiger partial charge in [0.2, 0.25) is 0 Å². The summed E-state index contributed by atoms with van der Waals surface area (Å²) in [6, 6.07) is 0.0532. The Morgan fingerprint density at radius 3 is 2.37 bits per heavy atom. The summed E-state index contributed by atoms with van der Waals surface area (Å²) in [7, 11) is 0. The lowest BCUT2D eigenvalue weighted by Crippen LogP contribution is -2.53. The van der Waals surface area contributed by atoms with Gasteiger partial charge < -0.3 is 9.64 Å². The van der Waals surface area contributed by atoms with Crippen LogP contribution in [0, 0.1) is 11.8 Å². The van der Waals surface area contributed by atoms with Gasteiger partial charge in [0.15, 0.2) is 0 Å². The van der Waals surface area contributed by atoms with Crippen LogP contribution in [0.4, 0.5) is 4.79 Å². The Hall–Kier alpha value is -1.42. The molecule has 0 N–H and O–H groups in total. The quantitative estimate of drug-likeness (QED) is 0.414. The van der Waals surface area contributed by atoms with Gasteiger partial charge in [0, 0.05) is 24.0 Å². The number of fused-ring (bicyclic) bond motifs is 2. The summed E-state index contributed by atoms with van der Waals surface area (Å²) >= 11 is 0. The van der Waals surface area contributed by atoms with E-state index in [1.54, 1.807) is 4.90 Å². The third-order valence-electron chi connectivity index (χ3n) is 3.86. The number of likely N-dealkylation sites (tertiary alicyclic amines) is 1. The molecule has 0 aromatic heterocycles. The van der Waals surface area contributed by atoms with E-state index in [9.17, 15) is 4.79 Å². The highest BCUT2D eigenvalue weighted by atomic mass is 16.6. The number of rotatable bonds is 1. The van der Waals surface area contributed by atoms with Crippen LogP contribution in [-0.4, -0.2) is 35.7 Å². The zero-order valence-electron chi connectivity index (χ0n) is 11.9. The van der Waals surface area contributed by atoms with Crippen LogP contribution in [0.25, 0.3) is 10.4 Å².